The largest absolute Gasteiger partial charge is 0.383 e. The van der Waals surface area contributed by atoms with Gasteiger partial charge in [-0.15, -0.1) is 11.3 Å². The molecule has 0 aliphatic heterocycles. The molecule has 0 spiro atoms. The van der Waals surface area contributed by atoms with Gasteiger partial charge in [-0.3, -0.25) is 9.36 Å². The Bertz CT molecular complexity index is 939. The van der Waals surface area contributed by atoms with Crippen molar-refractivity contribution >= 4 is 21.6 Å². The molecule has 0 aliphatic carbocycles. The van der Waals surface area contributed by atoms with Crippen LogP contribution in [0.1, 0.15) is 29.6 Å². The summed E-state index contributed by atoms with van der Waals surface area (Å²) in [6.45, 7) is 7.29. The normalized spacial score (nSPS) is 11.4. The van der Waals surface area contributed by atoms with Gasteiger partial charge >= 0.3 is 0 Å². The highest BCUT2D eigenvalue weighted by Crippen LogP contribution is 2.35. The quantitative estimate of drug-likeness (QED) is 0.660. The highest BCUT2D eigenvalue weighted by Gasteiger charge is 2.19. The average molecular weight is 356 g/mol. The second kappa shape index (κ2) is 7.50. The Hall–Kier alpha value is -1.98. The maximum Gasteiger partial charge on any atom is 0.262 e. The first-order chi connectivity index (χ1) is 12.1. The molecule has 1 aromatic carbocycles. The maximum atomic E-state index is 13.3. The Balaban J connectivity index is 2.27. The second-order valence-electron chi connectivity index (χ2n) is 6.31. The van der Waals surface area contributed by atoms with Crippen LogP contribution in [0.15, 0.2) is 29.1 Å². The smallest absolute Gasteiger partial charge is 0.262 e. The van der Waals surface area contributed by atoms with E-state index in [2.05, 4.69) is 45.0 Å². The lowest BCUT2D eigenvalue weighted by Crippen LogP contribution is -2.27. The third-order valence-corrected chi connectivity index (χ3v) is 5.40. The van der Waals surface area contributed by atoms with E-state index in [1.54, 1.807) is 23.0 Å². The van der Waals surface area contributed by atoms with E-state index in [4.69, 9.17) is 9.72 Å². The van der Waals surface area contributed by atoms with E-state index in [1.165, 1.54) is 5.56 Å². The van der Waals surface area contributed by atoms with Crippen molar-refractivity contribution in [3.8, 4) is 11.1 Å². The number of hydrogen-bond acceptors (Lipinski definition) is 4. The number of rotatable bonds is 6. The summed E-state index contributed by atoms with van der Waals surface area (Å²) >= 11 is 1.61. The zero-order chi connectivity index (χ0) is 18.0. The molecule has 2 heterocycles. The molecule has 0 fully saturated rings. The van der Waals surface area contributed by atoms with Crippen molar-refractivity contribution in [2.24, 2.45) is 0 Å². The zero-order valence-electron chi connectivity index (χ0n) is 15.3. The van der Waals surface area contributed by atoms with Gasteiger partial charge in [0.05, 0.1) is 18.5 Å². The van der Waals surface area contributed by atoms with E-state index < -0.39 is 0 Å². The molecule has 0 saturated heterocycles. The monoisotopic (exact) mass is 356 g/mol. The summed E-state index contributed by atoms with van der Waals surface area (Å²) in [5.74, 6) is 0.855. The second-order valence-corrected chi connectivity index (χ2v) is 7.51. The number of fused-ring (bicyclic) bond motifs is 1. The molecule has 0 amide bonds. The van der Waals surface area contributed by atoms with Crippen LogP contribution in [0.5, 0.6) is 0 Å². The number of aromatic nitrogens is 2. The first-order valence-corrected chi connectivity index (χ1v) is 9.47. The molecule has 2 aromatic heterocycles. The Kier molecular flexibility index (Phi) is 5.35. The number of hydrogen-bond donors (Lipinski definition) is 0. The Morgan fingerprint density at radius 1 is 1.20 bits per heavy atom. The van der Waals surface area contributed by atoms with E-state index in [1.807, 2.05) is 0 Å². The van der Waals surface area contributed by atoms with Gasteiger partial charge in [0.25, 0.3) is 5.56 Å². The van der Waals surface area contributed by atoms with Crippen molar-refractivity contribution < 1.29 is 4.74 Å². The van der Waals surface area contributed by atoms with Crippen LogP contribution in [-0.4, -0.2) is 23.3 Å². The van der Waals surface area contributed by atoms with Crippen molar-refractivity contribution in [3.63, 3.8) is 0 Å². The van der Waals surface area contributed by atoms with Gasteiger partial charge in [0.15, 0.2) is 0 Å². The summed E-state index contributed by atoms with van der Waals surface area (Å²) in [5.41, 5.74) is 3.36. The van der Waals surface area contributed by atoms with Crippen LogP contribution in [-0.2, 0) is 17.7 Å². The molecule has 0 saturated carbocycles. The fourth-order valence-electron chi connectivity index (χ4n) is 3.13. The molecule has 0 aliphatic rings. The van der Waals surface area contributed by atoms with E-state index in [9.17, 15) is 4.79 Å². The van der Waals surface area contributed by atoms with Crippen LogP contribution >= 0.6 is 11.3 Å². The average Bonchev–Trinajstić information content (AvgIpc) is 2.92. The summed E-state index contributed by atoms with van der Waals surface area (Å²) in [7, 11) is 1.66. The van der Waals surface area contributed by atoms with Gasteiger partial charge in [-0.05, 0) is 25.8 Å². The van der Waals surface area contributed by atoms with Crippen molar-refractivity contribution in [2.45, 2.75) is 40.2 Å². The summed E-state index contributed by atoms with van der Waals surface area (Å²) in [6.07, 6.45) is 1.76. The SMILES string of the molecule is CCCc1nc2sc(C)c(-c3ccc(C)cc3)c2c(=O)n1CCOC. The molecule has 0 unspecified atom stereocenters. The number of aryl methyl sites for hydroxylation is 3. The molecule has 0 atom stereocenters. The van der Waals surface area contributed by atoms with Crippen LogP contribution in [0.25, 0.3) is 21.3 Å². The fraction of sp³-hybridized carbons (Fsp3) is 0.400. The highest BCUT2D eigenvalue weighted by atomic mass is 32.1. The third kappa shape index (κ3) is 3.39. The van der Waals surface area contributed by atoms with Gasteiger partial charge in [0.2, 0.25) is 0 Å². The number of nitrogens with zero attached hydrogens (tertiary/aromatic N) is 2. The van der Waals surface area contributed by atoms with Crippen molar-refractivity contribution in [3.05, 3.63) is 50.9 Å². The molecule has 4 nitrogen and oxygen atoms in total. The van der Waals surface area contributed by atoms with Crippen molar-refractivity contribution in [1.82, 2.24) is 9.55 Å². The lowest BCUT2D eigenvalue weighted by molar-refractivity contribution is 0.185. The lowest BCUT2D eigenvalue weighted by atomic mass is 10.0. The predicted octanol–water partition coefficient (Wildman–Crippen LogP) is 4.34. The van der Waals surface area contributed by atoms with E-state index in [0.29, 0.717) is 13.2 Å². The minimum absolute atomic E-state index is 0.0467. The van der Waals surface area contributed by atoms with Gasteiger partial charge in [-0.1, -0.05) is 36.8 Å². The summed E-state index contributed by atoms with van der Waals surface area (Å²) in [4.78, 5) is 20.1. The highest BCUT2D eigenvalue weighted by molar-refractivity contribution is 7.19. The standard InChI is InChI=1S/C20H24N2O2S/c1-5-6-16-21-19-18(20(23)22(16)11-12-24-4)17(14(3)25-19)15-9-7-13(2)8-10-15/h7-10H,5-6,11-12H2,1-4H3. The minimum atomic E-state index is 0.0467. The van der Waals surface area contributed by atoms with Gasteiger partial charge in [0, 0.05) is 24.0 Å². The molecule has 5 heteroatoms. The Morgan fingerprint density at radius 3 is 2.56 bits per heavy atom. The van der Waals surface area contributed by atoms with Crippen molar-refractivity contribution in [1.29, 1.82) is 0 Å². The number of methoxy groups -OCH3 is 1. The number of benzene rings is 1. The first-order valence-electron chi connectivity index (χ1n) is 8.65. The van der Waals surface area contributed by atoms with E-state index in [-0.39, 0.29) is 5.56 Å². The molecule has 0 bridgehead atoms. The summed E-state index contributed by atoms with van der Waals surface area (Å²) in [6, 6.07) is 8.34. The molecule has 25 heavy (non-hydrogen) atoms. The Labute approximate surface area is 152 Å². The molecular formula is C20H24N2O2S. The first kappa shape index (κ1) is 17.8. The maximum absolute atomic E-state index is 13.3. The van der Waals surface area contributed by atoms with Crippen LogP contribution in [0.3, 0.4) is 0 Å². The molecule has 3 rings (SSSR count). The van der Waals surface area contributed by atoms with Crippen LogP contribution in [0.4, 0.5) is 0 Å². The topological polar surface area (TPSA) is 44.1 Å². The summed E-state index contributed by atoms with van der Waals surface area (Å²) < 4.78 is 6.99. The van der Waals surface area contributed by atoms with Crippen LogP contribution in [0, 0.1) is 13.8 Å². The third-order valence-electron chi connectivity index (χ3n) is 4.40. The van der Waals surface area contributed by atoms with Crippen molar-refractivity contribution in [2.75, 3.05) is 13.7 Å². The summed E-state index contributed by atoms with van der Waals surface area (Å²) in [5, 5.41) is 0.738. The van der Waals surface area contributed by atoms with E-state index in [0.717, 1.165) is 44.9 Å². The Morgan fingerprint density at radius 2 is 1.92 bits per heavy atom. The van der Waals surface area contributed by atoms with Crippen LogP contribution in [0.2, 0.25) is 0 Å². The van der Waals surface area contributed by atoms with E-state index >= 15 is 0 Å². The van der Waals surface area contributed by atoms with Gasteiger partial charge in [-0.2, -0.15) is 0 Å². The number of thiophene rings is 1. The predicted molar refractivity (Wildman–Crippen MR) is 105 cm³/mol. The fourth-order valence-corrected chi connectivity index (χ4v) is 4.19. The van der Waals surface area contributed by atoms with Crippen LogP contribution < -0.4 is 5.56 Å². The lowest BCUT2D eigenvalue weighted by Gasteiger charge is -2.12. The van der Waals surface area contributed by atoms with Gasteiger partial charge in [-0.25, -0.2) is 4.98 Å². The molecule has 132 valence electrons. The van der Waals surface area contributed by atoms with Gasteiger partial charge < -0.3 is 4.74 Å². The molecule has 0 radical (unpaired) electrons. The van der Waals surface area contributed by atoms with Gasteiger partial charge in [0.1, 0.15) is 10.7 Å². The number of ether oxygens (including phenoxy) is 1. The molecule has 3 aromatic rings. The molecule has 0 N–H and O–H groups in total. The molecular weight excluding hydrogens is 332 g/mol. The zero-order valence-corrected chi connectivity index (χ0v) is 16.1. The minimum Gasteiger partial charge on any atom is -0.383 e.